The first-order chi connectivity index (χ1) is 8.90. The maximum absolute atomic E-state index is 13.4. The number of hydrogen-bond donors (Lipinski definition) is 1. The van der Waals surface area contributed by atoms with Crippen molar-refractivity contribution in [1.29, 1.82) is 0 Å². The molecule has 0 aliphatic carbocycles. The molecule has 2 rings (SSSR count). The van der Waals surface area contributed by atoms with Gasteiger partial charge in [-0.05, 0) is 47.6 Å². The van der Waals surface area contributed by atoms with E-state index in [0.29, 0.717) is 12.0 Å². The fourth-order valence-corrected chi connectivity index (χ4v) is 2.86. The zero-order chi connectivity index (χ0) is 14.0. The third-order valence-corrected chi connectivity index (χ3v) is 4.28. The van der Waals surface area contributed by atoms with Crippen LogP contribution in [0.15, 0.2) is 18.2 Å². The summed E-state index contributed by atoms with van der Waals surface area (Å²) in [6, 6.07) is 4.93. The minimum atomic E-state index is -0.168. The van der Waals surface area contributed by atoms with E-state index in [0.717, 1.165) is 36.7 Å². The fourth-order valence-electron chi connectivity index (χ4n) is 2.86. The molecule has 0 saturated carbocycles. The Morgan fingerprint density at radius 3 is 2.63 bits per heavy atom. The van der Waals surface area contributed by atoms with Crippen LogP contribution in [-0.4, -0.2) is 18.0 Å². The van der Waals surface area contributed by atoms with Crippen molar-refractivity contribution in [2.75, 3.05) is 13.1 Å². The minimum Gasteiger partial charge on any atom is -0.326 e. The van der Waals surface area contributed by atoms with E-state index in [2.05, 4.69) is 25.7 Å². The summed E-state index contributed by atoms with van der Waals surface area (Å²) in [7, 11) is 0. The minimum absolute atomic E-state index is 0.168. The molecule has 1 unspecified atom stereocenters. The van der Waals surface area contributed by atoms with Crippen molar-refractivity contribution >= 4 is 0 Å². The summed E-state index contributed by atoms with van der Waals surface area (Å²) < 4.78 is 13.4. The van der Waals surface area contributed by atoms with Crippen LogP contribution in [0.25, 0.3) is 0 Å². The summed E-state index contributed by atoms with van der Waals surface area (Å²) in [5.41, 5.74) is 8.18. The summed E-state index contributed by atoms with van der Waals surface area (Å²) in [4.78, 5) is 2.42. The molecule has 1 aromatic carbocycles. The quantitative estimate of drug-likeness (QED) is 0.908. The molecular formula is C16H25FN2. The van der Waals surface area contributed by atoms with Gasteiger partial charge in [-0.15, -0.1) is 0 Å². The van der Waals surface area contributed by atoms with Crippen LogP contribution >= 0.6 is 0 Å². The molecule has 19 heavy (non-hydrogen) atoms. The number of nitrogens with two attached hydrogens (primary N) is 1. The van der Waals surface area contributed by atoms with E-state index in [-0.39, 0.29) is 5.82 Å². The number of hydrogen-bond acceptors (Lipinski definition) is 2. The van der Waals surface area contributed by atoms with Crippen molar-refractivity contribution < 1.29 is 4.39 Å². The lowest BCUT2D eigenvalue weighted by Gasteiger charge is -2.27. The van der Waals surface area contributed by atoms with Crippen molar-refractivity contribution in [1.82, 2.24) is 4.90 Å². The normalized spacial score (nSPS) is 21.0. The molecule has 1 aliphatic rings. The van der Waals surface area contributed by atoms with Gasteiger partial charge >= 0.3 is 0 Å². The topological polar surface area (TPSA) is 29.3 Å². The molecule has 0 radical (unpaired) electrons. The lowest BCUT2D eigenvalue weighted by molar-refractivity contribution is 0.226. The van der Waals surface area contributed by atoms with Crippen molar-refractivity contribution in [3.63, 3.8) is 0 Å². The van der Waals surface area contributed by atoms with Crippen LogP contribution in [-0.2, 0) is 13.1 Å². The molecule has 106 valence electrons. The molecule has 0 amide bonds. The number of nitrogens with zero attached hydrogens (tertiary/aromatic N) is 1. The molecule has 1 aliphatic heterocycles. The van der Waals surface area contributed by atoms with Gasteiger partial charge in [-0.1, -0.05) is 26.8 Å². The van der Waals surface area contributed by atoms with Crippen LogP contribution in [0.2, 0.25) is 0 Å². The first-order valence-electron chi connectivity index (χ1n) is 7.10. The van der Waals surface area contributed by atoms with Gasteiger partial charge in [0.25, 0.3) is 0 Å². The van der Waals surface area contributed by atoms with Crippen molar-refractivity contribution in [2.24, 2.45) is 17.1 Å². The zero-order valence-electron chi connectivity index (χ0n) is 12.2. The van der Waals surface area contributed by atoms with Crippen LogP contribution < -0.4 is 5.73 Å². The highest BCUT2D eigenvalue weighted by Gasteiger charge is 2.31. The average Bonchev–Trinajstić information content (AvgIpc) is 2.77. The maximum Gasteiger partial charge on any atom is 0.123 e. The highest BCUT2D eigenvalue weighted by Crippen LogP contribution is 2.34. The van der Waals surface area contributed by atoms with Gasteiger partial charge in [0.15, 0.2) is 0 Å². The van der Waals surface area contributed by atoms with Gasteiger partial charge in [-0.2, -0.15) is 0 Å². The summed E-state index contributed by atoms with van der Waals surface area (Å²) in [5, 5.41) is 0. The third-order valence-electron chi connectivity index (χ3n) is 4.28. The van der Waals surface area contributed by atoms with Gasteiger partial charge in [-0.25, -0.2) is 4.39 Å². The van der Waals surface area contributed by atoms with E-state index in [1.54, 1.807) is 6.07 Å². The molecule has 1 heterocycles. The van der Waals surface area contributed by atoms with Crippen molar-refractivity contribution in [3.05, 3.63) is 35.1 Å². The van der Waals surface area contributed by atoms with E-state index in [1.165, 1.54) is 12.5 Å². The largest absolute Gasteiger partial charge is 0.326 e. The Morgan fingerprint density at radius 2 is 2.05 bits per heavy atom. The first kappa shape index (κ1) is 14.5. The predicted octanol–water partition coefficient (Wildman–Crippen LogP) is 3.15. The van der Waals surface area contributed by atoms with Gasteiger partial charge < -0.3 is 5.73 Å². The summed E-state index contributed by atoms with van der Waals surface area (Å²) >= 11 is 0. The molecule has 1 aromatic rings. The van der Waals surface area contributed by atoms with Gasteiger partial charge in [0, 0.05) is 19.6 Å². The van der Waals surface area contributed by atoms with E-state index < -0.39 is 0 Å². The van der Waals surface area contributed by atoms with Gasteiger partial charge in [-0.3, -0.25) is 4.90 Å². The Morgan fingerprint density at radius 1 is 1.32 bits per heavy atom. The van der Waals surface area contributed by atoms with Crippen LogP contribution in [0.1, 0.15) is 38.3 Å². The van der Waals surface area contributed by atoms with Gasteiger partial charge in [0.1, 0.15) is 5.82 Å². The maximum atomic E-state index is 13.4. The highest BCUT2D eigenvalue weighted by molar-refractivity contribution is 5.27. The molecule has 2 nitrogen and oxygen atoms in total. The van der Waals surface area contributed by atoms with E-state index in [1.807, 2.05) is 6.07 Å². The average molecular weight is 264 g/mol. The van der Waals surface area contributed by atoms with Crippen LogP contribution in [0, 0.1) is 17.2 Å². The molecular weight excluding hydrogens is 239 g/mol. The number of benzene rings is 1. The highest BCUT2D eigenvalue weighted by atomic mass is 19.1. The molecule has 1 fully saturated rings. The van der Waals surface area contributed by atoms with E-state index in [9.17, 15) is 4.39 Å². The Bertz CT molecular complexity index is 437. The fraction of sp³-hybridized carbons (Fsp3) is 0.625. The summed E-state index contributed by atoms with van der Waals surface area (Å²) in [6.07, 6.45) is 1.23. The van der Waals surface area contributed by atoms with E-state index >= 15 is 0 Å². The number of rotatable bonds is 3. The standard InChI is InChI=1S/C16H25FN2/c1-16(2,3)14-6-7-19(11-14)10-13-8-15(17)5-4-12(13)9-18/h4-5,8,14H,6-7,9-11,18H2,1-3H3. The lowest BCUT2D eigenvalue weighted by Crippen LogP contribution is -2.26. The van der Waals surface area contributed by atoms with Crippen molar-refractivity contribution in [3.8, 4) is 0 Å². The smallest absolute Gasteiger partial charge is 0.123 e. The Labute approximate surface area is 115 Å². The zero-order valence-corrected chi connectivity index (χ0v) is 12.2. The van der Waals surface area contributed by atoms with E-state index in [4.69, 9.17) is 5.73 Å². The molecule has 0 bridgehead atoms. The molecule has 1 saturated heterocycles. The second-order valence-corrected chi connectivity index (χ2v) is 6.70. The van der Waals surface area contributed by atoms with Crippen LogP contribution in [0.3, 0.4) is 0 Å². The Kier molecular flexibility index (Phi) is 4.26. The molecule has 3 heteroatoms. The first-order valence-corrected chi connectivity index (χ1v) is 7.10. The molecule has 0 aromatic heterocycles. The molecule has 2 N–H and O–H groups in total. The lowest BCUT2D eigenvalue weighted by atomic mass is 9.80. The molecule has 0 spiro atoms. The second kappa shape index (κ2) is 5.59. The molecule has 1 atom stereocenters. The van der Waals surface area contributed by atoms with Gasteiger partial charge in [0.2, 0.25) is 0 Å². The number of halogens is 1. The number of likely N-dealkylation sites (tertiary alicyclic amines) is 1. The van der Waals surface area contributed by atoms with Crippen LogP contribution in [0.5, 0.6) is 0 Å². The summed E-state index contributed by atoms with van der Waals surface area (Å²) in [5.74, 6) is 0.557. The monoisotopic (exact) mass is 264 g/mol. The summed E-state index contributed by atoms with van der Waals surface area (Å²) in [6.45, 7) is 10.4. The SMILES string of the molecule is CC(C)(C)C1CCN(Cc2cc(F)ccc2CN)C1. The second-order valence-electron chi connectivity index (χ2n) is 6.70. The van der Waals surface area contributed by atoms with Crippen LogP contribution in [0.4, 0.5) is 4.39 Å². The van der Waals surface area contributed by atoms with Gasteiger partial charge in [0.05, 0.1) is 0 Å². The Balaban J connectivity index is 2.05. The van der Waals surface area contributed by atoms with Crippen molar-refractivity contribution in [2.45, 2.75) is 40.3 Å². The third kappa shape index (κ3) is 3.54. The Hall–Kier alpha value is -0.930. The predicted molar refractivity (Wildman–Crippen MR) is 77.1 cm³/mol.